The van der Waals surface area contributed by atoms with Crippen LogP contribution in [-0.4, -0.2) is 19.7 Å². The van der Waals surface area contributed by atoms with E-state index >= 15 is 0 Å². The third kappa shape index (κ3) is 2.92. The number of benzene rings is 1. The van der Waals surface area contributed by atoms with E-state index in [2.05, 4.69) is 4.98 Å². The molecule has 0 saturated heterocycles. The predicted octanol–water partition coefficient (Wildman–Crippen LogP) is 3.16. The molecule has 26 heavy (non-hydrogen) atoms. The summed E-state index contributed by atoms with van der Waals surface area (Å²) in [7, 11) is 0. The Labute approximate surface area is 150 Å². The van der Waals surface area contributed by atoms with Gasteiger partial charge in [0.05, 0.1) is 11.0 Å². The molecule has 0 saturated carbocycles. The van der Waals surface area contributed by atoms with Gasteiger partial charge in [-0.3, -0.25) is 14.6 Å². The molecule has 0 N–H and O–H groups in total. The van der Waals surface area contributed by atoms with Crippen molar-refractivity contribution in [3.63, 3.8) is 0 Å². The molecule has 0 amide bonds. The fourth-order valence-electron chi connectivity index (χ4n) is 3.29. The first-order valence-corrected chi connectivity index (χ1v) is 8.65. The van der Waals surface area contributed by atoms with Crippen molar-refractivity contribution < 1.29 is 4.79 Å². The molecule has 4 rings (SSSR count). The molecule has 4 aromatic rings. The van der Waals surface area contributed by atoms with Crippen LogP contribution in [0.5, 0.6) is 0 Å². The highest BCUT2D eigenvalue weighted by Crippen LogP contribution is 2.15. The molecule has 0 bridgehead atoms. The lowest BCUT2D eigenvalue weighted by Gasteiger charge is -2.12. The normalized spacial score (nSPS) is 11.3. The maximum Gasteiger partial charge on any atom is 0.275 e. The number of hydrogen-bond donors (Lipinski definition) is 0. The van der Waals surface area contributed by atoms with Crippen LogP contribution in [0.25, 0.3) is 16.6 Å². The van der Waals surface area contributed by atoms with Crippen LogP contribution < -0.4 is 5.56 Å². The largest absolute Gasteiger partial charge is 0.310 e. The van der Waals surface area contributed by atoms with Crippen LogP contribution in [0.15, 0.2) is 65.7 Å². The molecule has 0 spiro atoms. The van der Waals surface area contributed by atoms with E-state index in [1.165, 1.54) is 0 Å². The number of nitrogens with zero attached hydrogens (tertiary/aromatic N) is 3. The standard InChI is InChI=1S/C21H19N3O2/c1-15-8-9-16(14-22-15)13-17(25)10-12-24-19-6-3-2-5-18(19)23-11-4-7-20(23)21(24)26/h2-9,11,14H,10,12-13H2,1H3. The number of ketones is 1. The topological polar surface area (TPSA) is 56.4 Å². The lowest BCUT2D eigenvalue weighted by atomic mass is 10.1. The van der Waals surface area contributed by atoms with Gasteiger partial charge in [-0.15, -0.1) is 0 Å². The zero-order chi connectivity index (χ0) is 18.1. The average Bonchev–Trinajstić information content (AvgIpc) is 3.14. The molecule has 5 heteroatoms. The number of carbonyl (C=O) groups is 1. The summed E-state index contributed by atoms with van der Waals surface area (Å²) in [5.41, 5.74) is 4.19. The Morgan fingerprint density at radius 2 is 1.77 bits per heavy atom. The van der Waals surface area contributed by atoms with Gasteiger partial charge in [-0.25, -0.2) is 0 Å². The van der Waals surface area contributed by atoms with E-state index < -0.39 is 0 Å². The second kappa shape index (κ2) is 6.59. The van der Waals surface area contributed by atoms with E-state index in [4.69, 9.17) is 0 Å². The Kier molecular flexibility index (Phi) is 4.13. The molecule has 0 fully saturated rings. The molecule has 1 aromatic carbocycles. The van der Waals surface area contributed by atoms with Crippen LogP contribution in [0.2, 0.25) is 0 Å². The summed E-state index contributed by atoms with van der Waals surface area (Å²) in [5.74, 6) is 0.0990. The minimum absolute atomic E-state index is 0.0708. The summed E-state index contributed by atoms with van der Waals surface area (Å²) in [5, 5.41) is 0. The number of rotatable bonds is 5. The van der Waals surface area contributed by atoms with Crippen LogP contribution in [0.4, 0.5) is 0 Å². The van der Waals surface area contributed by atoms with Crippen molar-refractivity contribution in [1.82, 2.24) is 14.0 Å². The van der Waals surface area contributed by atoms with Crippen molar-refractivity contribution >= 4 is 22.3 Å². The number of aromatic nitrogens is 3. The van der Waals surface area contributed by atoms with E-state index in [0.29, 0.717) is 24.9 Å². The Morgan fingerprint density at radius 3 is 2.54 bits per heavy atom. The molecular formula is C21H19N3O2. The molecule has 130 valence electrons. The number of fused-ring (bicyclic) bond motifs is 3. The number of carbonyl (C=O) groups excluding carboxylic acids is 1. The average molecular weight is 345 g/mol. The van der Waals surface area contributed by atoms with Crippen molar-refractivity contribution in [2.24, 2.45) is 0 Å². The lowest BCUT2D eigenvalue weighted by molar-refractivity contribution is -0.118. The third-order valence-corrected chi connectivity index (χ3v) is 4.63. The minimum atomic E-state index is -0.0708. The van der Waals surface area contributed by atoms with Gasteiger partial charge in [-0.2, -0.15) is 0 Å². The molecule has 0 aliphatic carbocycles. The first-order chi connectivity index (χ1) is 12.6. The van der Waals surface area contributed by atoms with Crippen molar-refractivity contribution in [3.05, 3.63) is 82.5 Å². The fourth-order valence-corrected chi connectivity index (χ4v) is 3.29. The van der Waals surface area contributed by atoms with Crippen molar-refractivity contribution in [1.29, 1.82) is 0 Å². The summed E-state index contributed by atoms with van der Waals surface area (Å²) in [6, 6.07) is 15.3. The molecule has 3 aromatic heterocycles. The van der Waals surface area contributed by atoms with Gasteiger partial charge in [0, 0.05) is 37.5 Å². The smallest absolute Gasteiger partial charge is 0.275 e. The number of hydrogen-bond acceptors (Lipinski definition) is 3. The molecule has 3 heterocycles. The number of pyridine rings is 1. The highest BCUT2D eigenvalue weighted by Gasteiger charge is 2.12. The molecular weight excluding hydrogens is 326 g/mol. The Bertz CT molecular complexity index is 1150. The van der Waals surface area contributed by atoms with Crippen LogP contribution in [0, 0.1) is 6.92 Å². The SMILES string of the molecule is Cc1ccc(CC(=O)CCn2c(=O)c3cccn3c3ccccc32)cn1. The monoisotopic (exact) mass is 345 g/mol. The zero-order valence-corrected chi connectivity index (χ0v) is 14.6. The first kappa shape index (κ1) is 16.3. The van der Waals surface area contributed by atoms with Crippen molar-refractivity contribution in [3.8, 4) is 0 Å². The summed E-state index contributed by atoms with van der Waals surface area (Å²) in [6.45, 7) is 2.29. The summed E-state index contributed by atoms with van der Waals surface area (Å²) in [4.78, 5) is 29.4. The van der Waals surface area contributed by atoms with Gasteiger partial charge in [0.15, 0.2) is 0 Å². The molecule has 0 unspecified atom stereocenters. The van der Waals surface area contributed by atoms with Crippen LogP contribution in [0.1, 0.15) is 17.7 Å². The zero-order valence-electron chi connectivity index (χ0n) is 14.6. The third-order valence-electron chi connectivity index (χ3n) is 4.63. The van der Waals surface area contributed by atoms with Crippen LogP contribution in [-0.2, 0) is 17.8 Å². The van der Waals surface area contributed by atoms with Crippen molar-refractivity contribution in [2.75, 3.05) is 0 Å². The summed E-state index contributed by atoms with van der Waals surface area (Å²) < 4.78 is 3.60. The highest BCUT2D eigenvalue weighted by atomic mass is 16.1. The predicted molar refractivity (Wildman–Crippen MR) is 101 cm³/mol. The van der Waals surface area contributed by atoms with E-state index in [-0.39, 0.29) is 11.3 Å². The number of para-hydroxylation sites is 2. The molecule has 0 aliphatic rings. The fraction of sp³-hybridized carbons (Fsp3) is 0.190. The van der Waals surface area contributed by atoms with E-state index in [0.717, 1.165) is 22.3 Å². The molecule has 0 radical (unpaired) electrons. The molecule has 0 atom stereocenters. The number of Topliss-reactive ketones (excluding diaryl/α,β-unsaturated/α-hetero) is 1. The van der Waals surface area contributed by atoms with E-state index in [1.54, 1.807) is 10.8 Å². The van der Waals surface area contributed by atoms with Crippen molar-refractivity contribution in [2.45, 2.75) is 26.3 Å². The van der Waals surface area contributed by atoms with Gasteiger partial charge >= 0.3 is 0 Å². The lowest BCUT2D eigenvalue weighted by Crippen LogP contribution is -2.24. The minimum Gasteiger partial charge on any atom is -0.310 e. The quantitative estimate of drug-likeness (QED) is 0.558. The highest BCUT2D eigenvalue weighted by molar-refractivity contribution is 5.82. The maximum absolute atomic E-state index is 12.8. The Hall–Kier alpha value is -3.21. The second-order valence-corrected chi connectivity index (χ2v) is 6.48. The summed E-state index contributed by atoms with van der Waals surface area (Å²) >= 11 is 0. The van der Waals surface area contributed by atoms with Gasteiger partial charge in [-0.1, -0.05) is 18.2 Å². The van der Waals surface area contributed by atoms with Gasteiger partial charge in [-0.05, 0) is 42.8 Å². The Morgan fingerprint density at radius 1 is 1.00 bits per heavy atom. The van der Waals surface area contributed by atoms with Gasteiger partial charge in [0.2, 0.25) is 0 Å². The van der Waals surface area contributed by atoms with Crippen LogP contribution >= 0.6 is 0 Å². The van der Waals surface area contributed by atoms with E-state index in [1.807, 2.05) is 66.1 Å². The second-order valence-electron chi connectivity index (χ2n) is 6.48. The first-order valence-electron chi connectivity index (χ1n) is 8.65. The molecule has 5 nitrogen and oxygen atoms in total. The number of aryl methyl sites for hydroxylation is 2. The summed E-state index contributed by atoms with van der Waals surface area (Å²) in [6.07, 6.45) is 4.28. The molecule has 0 aliphatic heterocycles. The van der Waals surface area contributed by atoms with Gasteiger partial charge in [0.1, 0.15) is 11.3 Å². The van der Waals surface area contributed by atoms with Gasteiger partial charge in [0.25, 0.3) is 5.56 Å². The van der Waals surface area contributed by atoms with Gasteiger partial charge < -0.3 is 8.97 Å². The van der Waals surface area contributed by atoms with E-state index in [9.17, 15) is 9.59 Å². The van der Waals surface area contributed by atoms with Crippen LogP contribution in [0.3, 0.4) is 0 Å². The Balaban J connectivity index is 1.62. The maximum atomic E-state index is 12.8.